The molecule has 1 aromatic carbocycles. The van der Waals surface area contributed by atoms with Crippen molar-refractivity contribution in [3.63, 3.8) is 0 Å². The van der Waals surface area contributed by atoms with E-state index < -0.39 is 0 Å². The summed E-state index contributed by atoms with van der Waals surface area (Å²) in [5.41, 5.74) is 1.65. The molecule has 3 heteroatoms. The lowest BCUT2D eigenvalue weighted by Crippen LogP contribution is -1.97. The third-order valence-corrected chi connectivity index (χ3v) is 3.21. The number of carbonyl (C=O) groups excluding carboxylic acids is 1. The number of unbranched alkanes of at least 4 members (excludes halogenated alkanes) is 1. The zero-order chi connectivity index (χ0) is 11.5. The molecule has 84 valence electrons. The van der Waals surface area contributed by atoms with Gasteiger partial charge in [-0.05, 0) is 12.5 Å². The number of benzene rings is 1. The van der Waals surface area contributed by atoms with E-state index in [2.05, 4.69) is 6.92 Å². The number of halogens is 1. The van der Waals surface area contributed by atoms with Crippen LogP contribution in [0.1, 0.15) is 30.1 Å². The minimum absolute atomic E-state index is 0.560. The first-order valence-corrected chi connectivity index (χ1v) is 5.89. The number of hydrogen-bond acceptors (Lipinski definition) is 1. The van der Waals surface area contributed by atoms with Crippen LogP contribution in [0.25, 0.3) is 10.9 Å². The van der Waals surface area contributed by atoms with Gasteiger partial charge in [0.25, 0.3) is 0 Å². The summed E-state index contributed by atoms with van der Waals surface area (Å²) in [6, 6.07) is 7.84. The van der Waals surface area contributed by atoms with Gasteiger partial charge in [0, 0.05) is 17.4 Å². The second kappa shape index (κ2) is 4.71. The topological polar surface area (TPSA) is 22.0 Å². The Morgan fingerprint density at radius 3 is 2.81 bits per heavy atom. The fourth-order valence-corrected chi connectivity index (χ4v) is 2.27. The third-order valence-electron chi connectivity index (χ3n) is 2.80. The van der Waals surface area contributed by atoms with Crippen molar-refractivity contribution in [1.29, 1.82) is 0 Å². The van der Waals surface area contributed by atoms with E-state index in [0.717, 1.165) is 36.6 Å². The van der Waals surface area contributed by atoms with Gasteiger partial charge < -0.3 is 4.57 Å². The van der Waals surface area contributed by atoms with Crippen LogP contribution in [0.3, 0.4) is 0 Å². The second-order valence-corrected chi connectivity index (χ2v) is 4.20. The van der Waals surface area contributed by atoms with E-state index in [9.17, 15) is 4.79 Å². The molecule has 2 nitrogen and oxygen atoms in total. The highest BCUT2D eigenvalue weighted by Gasteiger charge is 2.13. The Morgan fingerprint density at radius 2 is 2.12 bits per heavy atom. The van der Waals surface area contributed by atoms with E-state index >= 15 is 0 Å². The zero-order valence-corrected chi connectivity index (χ0v) is 10.00. The highest BCUT2D eigenvalue weighted by atomic mass is 35.5. The van der Waals surface area contributed by atoms with E-state index in [1.807, 2.05) is 28.8 Å². The minimum Gasteiger partial charge on any atom is -0.331 e. The minimum atomic E-state index is 0.560. The molecule has 0 saturated carbocycles. The molecule has 0 aliphatic carbocycles. The zero-order valence-electron chi connectivity index (χ0n) is 9.24. The first kappa shape index (κ1) is 11.2. The number of carbonyl (C=O) groups is 1. The molecule has 0 amide bonds. The maximum absolute atomic E-state index is 11.0. The number of aldehydes is 1. The Bertz CT molecular complexity index is 516. The summed E-state index contributed by atoms with van der Waals surface area (Å²) >= 11 is 6.22. The van der Waals surface area contributed by atoms with Crippen LogP contribution in [0.5, 0.6) is 0 Å². The molecule has 0 bridgehead atoms. The fraction of sp³-hybridized carbons (Fsp3) is 0.308. The van der Waals surface area contributed by atoms with Gasteiger partial charge in [0.1, 0.15) is 5.15 Å². The van der Waals surface area contributed by atoms with Crippen molar-refractivity contribution in [2.45, 2.75) is 26.3 Å². The van der Waals surface area contributed by atoms with Gasteiger partial charge in [0.2, 0.25) is 0 Å². The van der Waals surface area contributed by atoms with Gasteiger partial charge in [-0.25, -0.2) is 0 Å². The number of aryl methyl sites for hydroxylation is 1. The summed E-state index contributed by atoms with van der Waals surface area (Å²) < 4.78 is 2.02. The van der Waals surface area contributed by atoms with Crippen LogP contribution in [0.15, 0.2) is 24.3 Å². The number of aromatic nitrogens is 1. The molecule has 0 unspecified atom stereocenters. The summed E-state index contributed by atoms with van der Waals surface area (Å²) in [6.45, 7) is 3.00. The predicted molar refractivity (Wildman–Crippen MR) is 67.2 cm³/mol. The molecule has 0 radical (unpaired) electrons. The van der Waals surface area contributed by atoms with Crippen LogP contribution < -0.4 is 0 Å². The van der Waals surface area contributed by atoms with Gasteiger partial charge in [-0.15, -0.1) is 0 Å². The lowest BCUT2D eigenvalue weighted by Gasteiger charge is -2.05. The first-order valence-electron chi connectivity index (χ1n) is 5.51. The highest BCUT2D eigenvalue weighted by molar-refractivity contribution is 6.34. The SMILES string of the molecule is CCCCn1c(Cl)c(C=O)c2ccccc21. The molecular weight excluding hydrogens is 222 g/mol. The smallest absolute Gasteiger partial charge is 0.153 e. The molecule has 1 heterocycles. The predicted octanol–water partition coefficient (Wildman–Crippen LogP) is 3.91. The number of nitrogens with zero attached hydrogens (tertiary/aromatic N) is 1. The van der Waals surface area contributed by atoms with E-state index in [1.54, 1.807) is 0 Å². The van der Waals surface area contributed by atoms with Crippen molar-refractivity contribution in [1.82, 2.24) is 4.57 Å². The summed E-state index contributed by atoms with van der Waals surface area (Å²) in [7, 11) is 0. The summed E-state index contributed by atoms with van der Waals surface area (Å²) in [4.78, 5) is 11.0. The van der Waals surface area contributed by atoms with Gasteiger partial charge in [0.15, 0.2) is 6.29 Å². The Kier molecular flexibility index (Phi) is 3.30. The monoisotopic (exact) mass is 235 g/mol. The summed E-state index contributed by atoms with van der Waals surface area (Å²) in [6.07, 6.45) is 3.02. The number of rotatable bonds is 4. The van der Waals surface area contributed by atoms with Gasteiger partial charge in [-0.1, -0.05) is 43.1 Å². The number of para-hydroxylation sites is 1. The fourth-order valence-electron chi connectivity index (χ4n) is 1.95. The largest absolute Gasteiger partial charge is 0.331 e. The van der Waals surface area contributed by atoms with Crippen LogP contribution in [-0.2, 0) is 6.54 Å². The Labute approximate surface area is 99.8 Å². The third kappa shape index (κ3) is 1.74. The summed E-state index contributed by atoms with van der Waals surface area (Å²) in [5, 5.41) is 1.50. The van der Waals surface area contributed by atoms with Crippen LogP contribution in [0, 0.1) is 0 Å². The van der Waals surface area contributed by atoms with Crippen molar-refractivity contribution in [3.05, 3.63) is 35.0 Å². The molecule has 0 aliphatic heterocycles. The van der Waals surface area contributed by atoms with E-state index in [4.69, 9.17) is 11.6 Å². The van der Waals surface area contributed by atoms with Gasteiger partial charge in [-0.3, -0.25) is 4.79 Å². The van der Waals surface area contributed by atoms with Crippen LogP contribution >= 0.6 is 11.6 Å². The maximum Gasteiger partial charge on any atom is 0.153 e. The second-order valence-electron chi connectivity index (χ2n) is 3.84. The molecule has 16 heavy (non-hydrogen) atoms. The van der Waals surface area contributed by atoms with Crippen LogP contribution in [0.2, 0.25) is 5.15 Å². The molecule has 0 saturated heterocycles. The van der Waals surface area contributed by atoms with E-state index in [-0.39, 0.29) is 0 Å². The molecule has 0 N–H and O–H groups in total. The van der Waals surface area contributed by atoms with Crippen LogP contribution in [0.4, 0.5) is 0 Å². The Morgan fingerprint density at radius 1 is 1.38 bits per heavy atom. The Hall–Kier alpha value is -1.28. The average Bonchev–Trinajstić information content (AvgIpc) is 2.58. The van der Waals surface area contributed by atoms with E-state index in [0.29, 0.717) is 10.7 Å². The van der Waals surface area contributed by atoms with Gasteiger partial charge in [0.05, 0.1) is 5.56 Å². The van der Waals surface area contributed by atoms with Crippen molar-refractivity contribution >= 4 is 28.8 Å². The van der Waals surface area contributed by atoms with Crippen molar-refractivity contribution in [3.8, 4) is 0 Å². The van der Waals surface area contributed by atoms with Gasteiger partial charge in [-0.2, -0.15) is 0 Å². The molecular formula is C13H14ClNO. The number of hydrogen-bond donors (Lipinski definition) is 0. The number of fused-ring (bicyclic) bond motifs is 1. The molecule has 0 atom stereocenters. The highest BCUT2D eigenvalue weighted by Crippen LogP contribution is 2.28. The van der Waals surface area contributed by atoms with E-state index in [1.165, 1.54) is 0 Å². The van der Waals surface area contributed by atoms with Gasteiger partial charge >= 0.3 is 0 Å². The first-order chi connectivity index (χ1) is 7.79. The standard InChI is InChI=1S/C13H14ClNO/c1-2-3-8-15-12-7-5-4-6-10(12)11(9-16)13(15)14/h4-7,9H,2-3,8H2,1H3. The van der Waals surface area contributed by atoms with Crippen molar-refractivity contribution < 1.29 is 4.79 Å². The molecule has 0 spiro atoms. The van der Waals surface area contributed by atoms with Crippen LogP contribution in [-0.4, -0.2) is 10.9 Å². The maximum atomic E-state index is 11.0. The summed E-state index contributed by atoms with van der Waals surface area (Å²) in [5.74, 6) is 0. The van der Waals surface area contributed by atoms with Crippen molar-refractivity contribution in [2.75, 3.05) is 0 Å². The quantitative estimate of drug-likeness (QED) is 0.737. The molecule has 0 fully saturated rings. The molecule has 2 rings (SSSR count). The lowest BCUT2D eigenvalue weighted by atomic mass is 10.2. The Balaban J connectivity index is 2.62. The lowest BCUT2D eigenvalue weighted by molar-refractivity contribution is 0.112. The average molecular weight is 236 g/mol. The normalized spacial score (nSPS) is 10.9. The molecule has 2 aromatic rings. The van der Waals surface area contributed by atoms with Crippen molar-refractivity contribution in [2.24, 2.45) is 0 Å². The molecule has 1 aromatic heterocycles. The molecule has 0 aliphatic rings.